The summed E-state index contributed by atoms with van der Waals surface area (Å²) in [4.78, 5) is 6.75. The number of anilines is 1. The molecule has 1 aromatic heterocycles. The van der Waals surface area contributed by atoms with E-state index < -0.39 is 0 Å². The molecule has 2 heterocycles. The Bertz CT molecular complexity index is 768. The number of piperidine rings is 1. The van der Waals surface area contributed by atoms with Crippen LogP contribution in [0.1, 0.15) is 18.5 Å². The number of aromatic nitrogens is 1. The fraction of sp³-hybridized carbons (Fsp3) is 0.238. The van der Waals surface area contributed by atoms with Crippen LogP contribution in [0.25, 0.3) is 10.6 Å². The van der Waals surface area contributed by atoms with Gasteiger partial charge in [0.1, 0.15) is 0 Å². The minimum absolute atomic E-state index is 0. The molecule has 0 spiro atoms. The van der Waals surface area contributed by atoms with Gasteiger partial charge in [-0.15, -0.1) is 6.54 Å². The zero-order chi connectivity index (χ0) is 17.5. The number of nitrogens with zero attached hydrogens (tertiary/aromatic N) is 2. The summed E-state index contributed by atoms with van der Waals surface area (Å²) in [5.41, 5.74) is 3.39. The number of hydrogen-bond acceptors (Lipinski definition) is 3. The second-order valence-electron chi connectivity index (χ2n) is 5.93. The molecule has 1 fully saturated rings. The van der Waals surface area contributed by atoms with Gasteiger partial charge in [0, 0.05) is 50.0 Å². The van der Waals surface area contributed by atoms with E-state index in [9.17, 15) is 0 Å². The first-order valence-electron chi connectivity index (χ1n) is 8.45. The third kappa shape index (κ3) is 6.46. The molecule has 0 atom stereocenters. The van der Waals surface area contributed by atoms with Crippen LogP contribution in [0.2, 0.25) is 5.02 Å². The summed E-state index contributed by atoms with van der Waals surface area (Å²) < 4.78 is 0. The van der Waals surface area contributed by atoms with Crippen LogP contribution < -0.4 is 4.90 Å². The zero-order valence-electron chi connectivity index (χ0n) is 14.9. The molecule has 1 saturated heterocycles. The van der Waals surface area contributed by atoms with Gasteiger partial charge in [0.2, 0.25) is 0 Å². The van der Waals surface area contributed by atoms with E-state index in [0.717, 1.165) is 27.8 Å². The van der Waals surface area contributed by atoms with Gasteiger partial charge in [0.05, 0.1) is 0 Å². The van der Waals surface area contributed by atoms with Crippen LogP contribution in [0.4, 0.5) is 5.69 Å². The number of para-hydroxylation sites is 1. The summed E-state index contributed by atoms with van der Waals surface area (Å²) in [6.45, 7) is 4.26. The molecule has 0 N–H and O–H groups in total. The third-order valence-electron chi connectivity index (χ3n) is 3.96. The van der Waals surface area contributed by atoms with Crippen LogP contribution in [-0.2, 0) is 32.7 Å². The van der Waals surface area contributed by atoms with Crippen molar-refractivity contribution in [1.29, 1.82) is 0 Å². The van der Waals surface area contributed by atoms with Gasteiger partial charge in [-0.05, 0) is 36.2 Å². The van der Waals surface area contributed by atoms with Gasteiger partial charge < -0.3 is 27.6 Å². The average molecular weight is 458 g/mol. The van der Waals surface area contributed by atoms with Gasteiger partial charge in [-0.3, -0.25) is 0 Å². The average Bonchev–Trinajstić information content (AvgIpc) is 3.11. The summed E-state index contributed by atoms with van der Waals surface area (Å²) in [6, 6.07) is 18.3. The predicted octanol–water partition coefficient (Wildman–Crippen LogP) is 6.06. The molecule has 2 nitrogen and oxygen atoms in total. The Hall–Kier alpha value is -0.736. The Kier molecular flexibility index (Phi) is 9.28. The number of hydrogen-bond donors (Lipinski definition) is 0. The monoisotopic (exact) mass is 457 g/mol. The third-order valence-corrected chi connectivity index (χ3v) is 5.13. The van der Waals surface area contributed by atoms with Gasteiger partial charge in [-0.25, -0.2) is 0 Å². The van der Waals surface area contributed by atoms with E-state index in [1.54, 1.807) is 0 Å². The molecule has 3 aromatic rings. The van der Waals surface area contributed by atoms with E-state index in [4.69, 9.17) is 11.6 Å². The molecule has 1 radical (unpaired) electrons. The van der Waals surface area contributed by atoms with Crippen LogP contribution in [0.5, 0.6) is 0 Å². The van der Waals surface area contributed by atoms with Crippen LogP contribution in [0.15, 0.2) is 54.6 Å². The summed E-state index contributed by atoms with van der Waals surface area (Å²) in [5.74, 6) is 0. The summed E-state index contributed by atoms with van der Waals surface area (Å²) in [7, 11) is 0. The Labute approximate surface area is 190 Å². The normalized spacial score (nSPS) is 13.4. The van der Waals surface area contributed by atoms with E-state index in [0.29, 0.717) is 0 Å². The Morgan fingerprint density at radius 2 is 1.85 bits per heavy atom. The standard InChI is InChI=1S/C11H14N.C10H7ClNS.Y/c1-3-7-11(8-4-1)12-9-5-2-6-10-12;1-7-6-13-10(12-7)8-2-4-9(11)5-3-8;/h1,3-5,7-8H,2,6,9-10H2;2-5H,1H3;/q2*-1;. The smallest absolute Gasteiger partial charge is 0.0405 e. The Morgan fingerprint density at radius 3 is 2.42 bits per heavy atom. The van der Waals surface area contributed by atoms with Crippen LogP contribution in [-0.4, -0.2) is 18.1 Å². The van der Waals surface area contributed by atoms with E-state index in [1.165, 1.54) is 36.4 Å². The van der Waals surface area contributed by atoms with E-state index in [-0.39, 0.29) is 32.7 Å². The maximum atomic E-state index is 5.78. The van der Waals surface area contributed by atoms with E-state index in [1.807, 2.05) is 31.2 Å². The summed E-state index contributed by atoms with van der Waals surface area (Å²) in [6.07, 6.45) is 4.94. The fourth-order valence-corrected chi connectivity index (χ4v) is 3.53. The number of thiazole rings is 1. The SMILES string of the molecule is Cc1[c-]sc(-c2ccc(Cl)cc2)n1.[Y].c1ccc(N2C[CH-]CCC2)cc1. The molecule has 2 aromatic carbocycles. The van der Waals surface area contributed by atoms with Gasteiger partial charge in [-0.1, -0.05) is 59.6 Å². The van der Waals surface area contributed by atoms with Crippen LogP contribution in [0.3, 0.4) is 0 Å². The van der Waals surface area contributed by atoms with Gasteiger partial charge in [0.15, 0.2) is 0 Å². The van der Waals surface area contributed by atoms with Crippen molar-refractivity contribution < 1.29 is 32.7 Å². The molecule has 0 aliphatic carbocycles. The second-order valence-corrected chi connectivity index (χ2v) is 7.16. The molecule has 4 rings (SSSR count). The number of benzene rings is 2. The molecule has 5 heteroatoms. The molecule has 26 heavy (non-hydrogen) atoms. The topological polar surface area (TPSA) is 16.1 Å². The minimum Gasteiger partial charge on any atom is -0.401 e. The maximum Gasteiger partial charge on any atom is 0.0405 e. The van der Waals surface area contributed by atoms with Crippen molar-refractivity contribution in [3.63, 3.8) is 0 Å². The first kappa shape index (κ1) is 21.6. The maximum absolute atomic E-state index is 5.78. The van der Waals surface area contributed by atoms with Gasteiger partial charge in [-0.2, -0.15) is 11.8 Å². The largest absolute Gasteiger partial charge is 0.401 e. The fourth-order valence-electron chi connectivity index (χ4n) is 2.67. The van der Waals surface area contributed by atoms with Crippen molar-refractivity contribution in [2.75, 3.05) is 18.0 Å². The minimum atomic E-state index is 0. The molecular formula is C21H21ClN2SY-2. The Balaban J connectivity index is 0.000000180. The molecule has 0 amide bonds. The zero-order valence-corrected chi connectivity index (χ0v) is 19.3. The molecule has 0 unspecified atom stereocenters. The summed E-state index contributed by atoms with van der Waals surface area (Å²) in [5, 5.41) is 4.82. The molecule has 133 valence electrons. The molecular weight excluding hydrogens is 437 g/mol. The molecule has 0 saturated carbocycles. The van der Waals surface area contributed by atoms with Gasteiger partial charge in [0.25, 0.3) is 0 Å². The molecule has 1 aliphatic rings. The first-order chi connectivity index (χ1) is 12.2. The van der Waals surface area contributed by atoms with Gasteiger partial charge >= 0.3 is 0 Å². The Morgan fingerprint density at radius 1 is 1.12 bits per heavy atom. The van der Waals surface area contributed by atoms with Crippen molar-refractivity contribution in [3.8, 4) is 10.6 Å². The predicted molar refractivity (Wildman–Crippen MR) is 108 cm³/mol. The first-order valence-corrected chi connectivity index (χ1v) is 9.64. The van der Waals surface area contributed by atoms with Crippen LogP contribution >= 0.6 is 22.9 Å². The number of rotatable bonds is 2. The van der Waals surface area contributed by atoms with Crippen molar-refractivity contribution in [1.82, 2.24) is 4.98 Å². The number of aryl methyl sites for hydroxylation is 1. The van der Waals surface area contributed by atoms with E-state index in [2.05, 4.69) is 52.0 Å². The van der Waals surface area contributed by atoms with Crippen molar-refractivity contribution in [3.05, 3.63) is 77.1 Å². The quantitative estimate of drug-likeness (QED) is 0.435. The molecule has 0 bridgehead atoms. The van der Waals surface area contributed by atoms with E-state index >= 15 is 0 Å². The van der Waals surface area contributed by atoms with Crippen LogP contribution in [0, 0.1) is 18.7 Å². The summed E-state index contributed by atoms with van der Waals surface area (Å²) >= 11 is 7.31. The second kappa shape index (κ2) is 11.2. The van der Waals surface area contributed by atoms with Crippen molar-refractivity contribution in [2.24, 2.45) is 0 Å². The molecule has 1 aliphatic heterocycles. The van der Waals surface area contributed by atoms with Crippen molar-refractivity contribution in [2.45, 2.75) is 19.8 Å². The number of halogens is 1. The van der Waals surface area contributed by atoms with Crippen molar-refractivity contribution >= 4 is 28.6 Å².